The van der Waals surface area contributed by atoms with E-state index in [2.05, 4.69) is 10.6 Å². The summed E-state index contributed by atoms with van der Waals surface area (Å²) in [5.41, 5.74) is 0.757. The van der Waals surface area contributed by atoms with Crippen molar-refractivity contribution in [2.24, 2.45) is 11.8 Å². The zero-order chi connectivity index (χ0) is 18.6. The molecule has 0 bridgehead atoms. The van der Waals surface area contributed by atoms with Crippen molar-refractivity contribution in [3.8, 4) is 11.5 Å². The van der Waals surface area contributed by atoms with Gasteiger partial charge in [-0.25, -0.2) is 0 Å². The first-order valence-corrected chi connectivity index (χ1v) is 9.89. The van der Waals surface area contributed by atoms with Crippen molar-refractivity contribution >= 4 is 17.5 Å². The van der Waals surface area contributed by atoms with Crippen LogP contribution in [0, 0.1) is 11.8 Å². The summed E-state index contributed by atoms with van der Waals surface area (Å²) in [5.74, 6) is 1.65. The van der Waals surface area contributed by atoms with E-state index in [-0.39, 0.29) is 24.2 Å². The van der Waals surface area contributed by atoms with Gasteiger partial charge in [-0.2, -0.15) is 0 Å². The van der Waals surface area contributed by atoms with E-state index in [0.717, 1.165) is 25.2 Å². The highest BCUT2D eigenvalue weighted by atomic mass is 16.6. The highest BCUT2D eigenvalue weighted by Gasteiger charge is 2.35. The lowest BCUT2D eigenvalue weighted by atomic mass is 9.96. The Kier molecular flexibility index (Phi) is 5.48. The van der Waals surface area contributed by atoms with E-state index >= 15 is 0 Å². The number of rotatable bonds is 5. The van der Waals surface area contributed by atoms with E-state index in [1.54, 1.807) is 4.90 Å². The first-order chi connectivity index (χ1) is 13.2. The van der Waals surface area contributed by atoms with Crippen molar-refractivity contribution < 1.29 is 19.1 Å². The van der Waals surface area contributed by atoms with Crippen molar-refractivity contribution in [1.82, 2.24) is 10.6 Å². The van der Waals surface area contributed by atoms with E-state index in [4.69, 9.17) is 9.47 Å². The molecule has 0 radical (unpaired) electrons. The largest absolute Gasteiger partial charge is 0.486 e. The lowest BCUT2D eigenvalue weighted by Crippen LogP contribution is -2.36. The Morgan fingerprint density at radius 2 is 2.11 bits per heavy atom. The van der Waals surface area contributed by atoms with Gasteiger partial charge in [0.05, 0.1) is 5.92 Å². The van der Waals surface area contributed by atoms with Crippen LogP contribution in [0.4, 0.5) is 5.69 Å². The van der Waals surface area contributed by atoms with Gasteiger partial charge in [0, 0.05) is 31.3 Å². The fraction of sp³-hybridized carbons (Fsp3) is 0.600. The van der Waals surface area contributed by atoms with Crippen LogP contribution < -0.4 is 25.0 Å². The van der Waals surface area contributed by atoms with Gasteiger partial charge >= 0.3 is 0 Å². The molecular weight excluding hydrogens is 346 g/mol. The van der Waals surface area contributed by atoms with Crippen LogP contribution in [0.1, 0.15) is 25.7 Å². The van der Waals surface area contributed by atoms with Crippen LogP contribution in [-0.2, 0) is 9.59 Å². The first kappa shape index (κ1) is 18.1. The average molecular weight is 373 g/mol. The predicted molar refractivity (Wildman–Crippen MR) is 101 cm³/mol. The minimum absolute atomic E-state index is 0.0211. The van der Waals surface area contributed by atoms with Crippen molar-refractivity contribution in [1.29, 1.82) is 0 Å². The van der Waals surface area contributed by atoms with Crippen LogP contribution in [0.25, 0.3) is 0 Å². The minimum Gasteiger partial charge on any atom is -0.486 e. The predicted octanol–water partition coefficient (Wildman–Crippen LogP) is 1.32. The molecule has 1 aromatic rings. The highest BCUT2D eigenvalue weighted by Crippen LogP contribution is 2.36. The average Bonchev–Trinajstić information content (AvgIpc) is 3.10. The first-order valence-electron chi connectivity index (χ1n) is 9.89. The molecule has 0 aliphatic carbocycles. The van der Waals surface area contributed by atoms with E-state index in [1.165, 1.54) is 12.8 Å². The maximum absolute atomic E-state index is 12.5. The smallest absolute Gasteiger partial charge is 0.227 e. The third-order valence-corrected chi connectivity index (χ3v) is 5.58. The molecule has 0 aromatic heterocycles. The Hall–Kier alpha value is -2.28. The second-order valence-corrected chi connectivity index (χ2v) is 7.53. The number of hydrogen-bond acceptors (Lipinski definition) is 5. The molecule has 2 N–H and O–H groups in total. The molecule has 0 spiro atoms. The van der Waals surface area contributed by atoms with Gasteiger partial charge in [-0.1, -0.05) is 0 Å². The third kappa shape index (κ3) is 4.18. The summed E-state index contributed by atoms with van der Waals surface area (Å²) in [6, 6.07) is 5.49. The third-order valence-electron chi connectivity index (χ3n) is 5.58. The van der Waals surface area contributed by atoms with Gasteiger partial charge in [-0.15, -0.1) is 0 Å². The zero-order valence-corrected chi connectivity index (χ0v) is 15.5. The summed E-state index contributed by atoms with van der Waals surface area (Å²) in [6.45, 7) is 4.27. The maximum atomic E-state index is 12.5. The number of nitrogens with zero attached hydrogens (tertiary/aromatic N) is 1. The molecule has 0 saturated carbocycles. The number of carbonyl (C=O) groups is 2. The Bertz CT molecular complexity index is 702. The quantitative estimate of drug-likeness (QED) is 0.814. The molecule has 7 heteroatoms. The highest BCUT2D eigenvalue weighted by molar-refractivity contribution is 6.00. The number of piperidine rings is 1. The van der Waals surface area contributed by atoms with Crippen molar-refractivity contribution in [2.75, 3.05) is 44.3 Å². The van der Waals surface area contributed by atoms with Gasteiger partial charge in [-0.3, -0.25) is 9.59 Å². The fourth-order valence-electron chi connectivity index (χ4n) is 4.05. The summed E-state index contributed by atoms with van der Waals surface area (Å²) < 4.78 is 11.1. The van der Waals surface area contributed by atoms with Crippen LogP contribution in [-0.4, -0.2) is 51.2 Å². The number of amides is 2. The zero-order valence-electron chi connectivity index (χ0n) is 15.5. The molecule has 3 aliphatic rings. The maximum Gasteiger partial charge on any atom is 0.227 e. The molecular formula is C20H27N3O4. The summed E-state index contributed by atoms with van der Waals surface area (Å²) in [5, 5.41) is 6.42. The normalized spacial score (nSPS) is 24.7. The molecule has 1 aromatic carbocycles. The van der Waals surface area contributed by atoms with Gasteiger partial charge in [-0.05, 0) is 50.4 Å². The van der Waals surface area contributed by atoms with Gasteiger partial charge < -0.3 is 25.0 Å². The number of anilines is 1. The van der Waals surface area contributed by atoms with Crippen LogP contribution in [0.15, 0.2) is 18.2 Å². The van der Waals surface area contributed by atoms with Crippen molar-refractivity contribution in [3.05, 3.63) is 18.2 Å². The standard InChI is InChI=1S/C20H27N3O4/c24-19-10-15(20(25)22-7-5-14-2-1-6-21-12-14)13-23(19)16-3-4-17-18(11-16)27-9-8-26-17/h3-4,11,14-15,21H,1-2,5-10,12-13H2,(H,22,25). The lowest BCUT2D eigenvalue weighted by Gasteiger charge is -2.23. The van der Waals surface area contributed by atoms with Crippen LogP contribution in [0.5, 0.6) is 11.5 Å². The SMILES string of the molecule is O=C(NCCC1CCCNC1)C1CC(=O)N(c2ccc3c(c2)OCCO3)C1. The van der Waals surface area contributed by atoms with E-state index in [9.17, 15) is 9.59 Å². The summed E-state index contributed by atoms with van der Waals surface area (Å²) in [4.78, 5) is 26.6. The number of nitrogens with one attached hydrogen (secondary N) is 2. The number of ether oxygens (including phenoxy) is 2. The minimum atomic E-state index is -0.296. The Labute approximate surface area is 159 Å². The second kappa shape index (κ2) is 8.17. The Morgan fingerprint density at radius 1 is 1.26 bits per heavy atom. The number of fused-ring (bicyclic) bond motifs is 1. The molecule has 2 atom stereocenters. The molecule has 3 aliphatic heterocycles. The summed E-state index contributed by atoms with van der Waals surface area (Å²) in [7, 11) is 0. The van der Waals surface area contributed by atoms with Gasteiger partial charge in [0.2, 0.25) is 11.8 Å². The van der Waals surface area contributed by atoms with Gasteiger partial charge in [0.25, 0.3) is 0 Å². The van der Waals surface area contributed by atoms with Crippen LogP contribution >= 0.6 is 0 Å². The molecule has 3 heterocycles. The number of carbonyl (C=O) groups excluding carboxylic acids is 2. The lowest BCUT2D eigenvalue weighted by molar-refractivity contribution is -0.126. The Morgan fingerprint density at radius 3 is 2.93 bits per heavy atom. The molecule has 2 fully saturated rings. The molecule has 4 rings (SSSR count). The van der Waals surface area contributed by atoms with E-state index < -0.39 is 0 Å². The molecule has 7 nitrogen and oxygen atoms in total. The summed E-state index contributed by atoms with van der Waals surface area (Å²) in [6.07, 6.45) is 3.68. The van der Waals surface area contributed by atoms with Gasteiger partial charge in [0.15, 0.2) is 11.5 Å². The number of benzene rings is 1. The van der Waals surface area contributed by atoms with Gasteiger partial charge in [0.1, 0.15) is 13.2 Å². The Balaban J connectivity index is 1.31. The molecule has 146 valence electrons. The molecule has 27 heavy (non-hydrogen) atoms. The fourth-order valence-corrected chi connectivity index (χ4v) is 4.05. The monoisotopic (exact) mass is 373 g/mol. The molecule has 2 unspecified atom stereocenters. The van der Waals surface area contributed by atoms with Crippen molar-refractivity contribution in [2.45, 2.75) is 25.7 Å². The summed E-state index contributed by atoms with van der Waals surface area (Å²) >= 11 is 0. The number of hydrogen-bond donors (Lipinski definition) is 2. The van der Waals surface area contributed by atoms with Crippen LogP contribution in [0.3, 0.4) is 0 Å². The van der Waals surface area contributed by atoms with E-state index in [1.807, 2.05) is 18.2 Å². The van der Waals surface area contributed by atoms with Crippen molar-refractivity contribution in [3.63, 3.8) is 0 Å². The topological polar surface area (TPSA) is 79.9 Å². The molecule has 2 saturated heterocycles. The van der Waals surface area contributed by atoms with E-state index in [0.29, 0.717) is 43.7 Å². The second-order valence-electron chi connectivity index (χ2n) is 7.53. The molecule has 2 amide bonds. The van der Waals surface area contributed by atoms with Crippen LogP contribution in [0.2, 0.25) is 0 Å².